The van der Waals surface area contributed by atoms with Crippen LogP contribution >= 0.6 is 0 Å². The van der Waals surface area contributed by atoms with Crippen molar-refractivity contribution in [2.75, 3.05) is 25.5 Å². The first kappa shape index (κ1) is 11.9. The van der Waals surface area contributed by atoms with E-state index in [1.807, 2.05) is 13.0 Å². The molecule has 1 aromatic rings. The highest BCUT2D eigenvalue weighted by Crippen LogP contribution is 1.99. The Morgan fingerprint density at radius 2 is 2.31 bits per heavy atom. The second-order valence-electron chi connectivity index (χ2n) is 3.16. The minimum absolute atomic E-state index is 0.0198. The van der Waals surface area contributed by atoms with Crippen LogP contribution in [0.3, 0.4) is 0 Å². The van der Waals surface area contributed by atoms with Gasteiger partial charge >= 0.3 is 0 Å². The number of nitrogens with zero attached hydrogens (tertiary/aromatic N) is 4. The molecular weight excluding hydrogens is 206 g/mol. The van der Waals surface area contributed by atoms with Gasteiger partial charge in [0.05, 0.1) is 18.9 Å². The predicted molar refractivity (Wildman–Crippen MR) is 58.5 cm³/mol. The molecule has 0 saturated carbocycles. The molecule has 1 aromatic heterocycles. The first-order valence-electron chi connectivity index (χ1n) is 4.87. The Hall–Kier alpha value is -2.16. The van der Waals surface area contributed by atoms with Crippen molar-refractivity contribution in [2.24, 2.45) is 0 Å². The van der Waals surface area contributed by atoms with Gasteiger partial charge in [-0.15, -0.1) is 0 Å². The van der Waals surface area contributed by atoms with E-state index in [9.17, 15) is 4.79 Å². The van der Waals surface area contributed by atoms with Crippen LogP contribution in [0.25, 0.3) is 0 Å². The van der Waals surface area contributed by atoms with Crippen LogP contribution in [0.15, 0.2) is 12.4 Å². The van der Waals surface area contributed by atoms with Gasteiger partial charge in [0.2, 0.25) is 5.91 Å². The minimum Gasteiger partial charge on any atom is -0.360 e. The van der Waals surface area contributed by atoms with Gasteiger partial charge in [-0.2, -0.15) is 5.26 Å². The van der Waals surface area contributed by atoms with Crippen molar-refractivity contribution in [1.29, 1.82) is 5.26 Å². The number of anilines is 1. The molecule has 0 radical (unpaired) electrons. The summed E-state index contributed by atoms with van der Waals surface area (Å²) in [5, 5.41) is 11.4. The van der Waals surface area contributed by atoms with Crippen LogP contribution in [0.5, 0.6) is 0 Å². The molecular formula is C10H13N5O. The minimum atomic E-state index is -0.0198. The maximum absolute atomic E-state index is 11.4. The van der Waals surface area contributed by atoms with Crippen molar-refractivity contribution in [3.8, 4) is 6.07 Å². The molecule has 84 valence electrons. The van der Waals surface area contributed by atoms with Crippen molar-refractivity contribution >= 4 is 11.7 Å². The summed E-state index contributed by atoms with van der Waals surface area (Å²) in [4.78, 5) is 20.8. The molecule has 1 amide bonds. The lowest BCUT2D eigenvalue weighted by molar-refractivity contribution is -0.127. The van der Waals surface area contributed by atoms with E-state index in [0.717, 1.165) is 0 Å². The molecule has 0 aromatic carbocycles. The number of nitrogens with one attached hydrogen (secondary N) is 1. The van der Waals surface area contributed by atoms with E-state index >= 15 is 0 Å². The summed E-state index contributed by atoms with van der Waals surface area (Å²) >= 11 is 0. The third-order valence-electron chi connectivity index (χ3n) is 2.09. The Balaban J connectivity index is 2.49. The Morgan fingerprint density at radius 3 is 2.81 bits per heavy atom. The van der Waals surface area contributed by atoms with Gasteiger partial charge < -0.3 is 10.2 Å². The van der Waals surface area contributed by atoms with E-state index in [1.54, 1.807) is 11.9 Å². The van der Waals surface area contributed by atoms with Crippen molar-refractivity contribution in [3.05, 3.63) is 18.1 Å². The average Bonchev–Trinajstić information content (AvgIpc) is 2.35. The fraction of sp³-hybridized carbons (Fsp3) is 0.400. The molecule has 16 heavy (non-hydrogen) atoms. The van der Waals surface area contributed by atoms with Gasteiger partial charge in [-0.25, -0.2) is 9.97 Å². The third kappa shape index (κ3) is 3.20. The summed E-state index contributed by atoms with van der Waals surface area (Å²) in [6, 6.07) is 1.87. The molecule has 0 spiro atoms. The normalized spacial score (nSPS) is 9.31. The van der Waals surface area contributed by atoms with Crippen LogP contribution in [0, 0.1) is 11.3 Å². The van der Waals surface area contributed by atoms with Gasteiger partial charge in [-0.05, 0) is 6.92 Å². The number of likely N-dealkylation sites (N-methyl/N-ethyl adjacent to an activating group) is 1. The van der Waals surface area contributed by atoms with Crippen molar-refractivity contribution in [2.45, 2.75) is 6.92 Å². The van der Waals surface area contributed by atoms with Gasteiger partial charge in [0.25, 0.3) is 0 Å². The molecule has 0 bridgehead atoms. The summed E-state index contributed by atoms with van der Waals surface area (Å²) < 4.78 is 0. The maximum atomic E-state index is 11.4. The molecule has 1 N–H and O–H groups in total. The molecule has 0 saturated heterocycles. The molecule has 0 aliphatic carbocycles. The van der Waals surface area contributed by atoms with Crippen molar-refractivity contribution in [3.63, 3.8) is 0 Å². The molecule has 6 heteroatoms. The number of carbonyl (C=O) groups is 1. The molecule has 0 aliphatic heterocycles. The zero-order chi connectivity index (χ0) is 12.0. The Morgan fingerprint density at radius 1 is 1.56 bits per heavy atom. The highest BCUT2D eigenvalue weighted by atomic mass is 16.2. The van der Waals surface area contributed by atoms with E-state index in [1.165, 1.54) is 12.4 Å². The van der Waals surface area contributed by atoms with Crippen LogP contribution < -0.4 is 5.32 Å². The SMILES string of the molecule is CCN(C)C(=O)CNc1cnc(C#N)cn1. The zero-order valence-corrected chi connectivity index (χ0v) is 9.27. The molecule has 1 rings (SSSR count). The van der Waals surface area contributed by atoms with E-state index in [-0.39, 0.29) is 18.1 Å². The third-order valence-corrected chi connectivity index (χ3v) is 2.09. The van der Waals surface area contributed by atoms with Gasteiger partial charge in [-0.3, -0.25) is 4.79 Å². The zero-order valence-electron chi connectivity index (χ0n) is 9.27. The number of hydrogen-bond acceptors (Lipinski definition) is 5. The van der Waals surface area contributed by atoms with Crippen LogP contribution in [-0.2, 0) is 4.79 Å². The Bertz CT molecular complexity index is 395. The number of carbonyl (C=O) groups excluding carboxylic acids is 1. The first-order valence-corrected chi connectivity index (χ1v) is 4.87. The van der Waals surface area contributed by atoms with Crippen molar-refractivity contribution in [1.82, 2.24) is 14.9 Å². The standard InChI is InChI=1S/C10H13N5O/c1-3-15(2)10(16)7-14-9-6-12-8(4-11)5-13-9/h5-6H,3,7H2,1-2H3,(H,13,14). The van der Waals surface area contributed by atoms with Crippen LogP contribution in [0.4, 0.5) is 5.82 Å². The van der Waals surface area contributed by atoms with Gasteiger partial charge in [0.1, 0.15) is 11.9 Å². The number of rotatable bonds is 4. The Labute approximate surface area is 93.9 Å². The molecule has 0 fully saturated rings. The van der Waals surface area contributed by atoms with Crippen molar-refractivity contribution < 1.29 is 4.79 Å². The van der Waals surface area contributed by atoms with E-state index < -0.39 is 0 Å². The summed E-state index contributed by atoms with van der Waals surface area (Å²) in [5.41, 5.74) is 0.252. The number of hydrogen-bond donors (Lipinski definition) is 1. The number of aromatic nitrogens is 2. The summed E-state index contributed by atoms with van der Waals surface area (Å²) in [6.07, 6.45) is 2.79. The molecule has 0 atom stereocenters. The van der Waals surface area contributed by atoms with Gasteiger partial charge in [0, 0.05) is 13.6 Å². The lowest BCUT2D eigenvalue weighted by Crippen LogP contribution is -2.32. The largest absolute Gasteiger partial charge is 0.360 e. The van der Waals surface area contributed by atoms with E-state index in [4.69, 9.17) is 5.26 Å². The highest BCUT2D eigenvalue weighted by Gasteiger charge is 2.06. The number of nitriles is 1. The summed E-state index contributed by atoms with van der Waals surface area (Å²) in [5.74, 6) is 0.463. The second kappa shape index (κ2) is 5.66. The van der Waals surface area contributed by atoms with Gasteiger partial charge in [0.15, 0.2) is 5.69 Å². The Kier molecular flexibility index (Phi) is 4.21. The monoisotopic (exact) mass is 219 g/mol. The van der Waals surface area contributed by atoms with Crippen LogP contribution in [0.2, 0.25) is 0 Å². The fourth-order valence-corrected chi connectivity index (χ4v) is 0.955. The summed E-state index contributed by atoms with van der Waals surface area (Å²) in [7, 11) is 1.73. The fourth-order valence-electron chi connectivity index (χ4n) is 0.955. The summed E-state index contributed by atoms with van der Waals surface area (Å²) in [6.45, 7) is 2.74. The molecule has 6 nitrogen and oxygen atoms in total. The predicted octanol–water partition coefficient (Wildman–Crippen LogP) is 0.238. The number of amides is 1. The van der Waals surface area contributed by atoms with Gasteiger partial charge in [-0.1, -0.05) is 0 Å². The van der Waals surface area contributed by atoms with Crippen LogP contribution in [0.1, 0.15) is 12.6 Å². The maximum Gasteiger partial charge on any atom is 0.241 e. The van der Waals surface area contributed by atoms with E-state index in [2.05, 4.69) is 15.3 Å². The molecule has 1 heterocycles. The van der Waals surface area contributed by atoms with E-state index in [0.29, 0.717) is 12.4 Å². The lowest BCUT2D eigenvalue weighted by atomic mass is 10.4. The second-order valence-corrected chi connectivity index (χ2v) is 3.16. The first-order chi connectivity index (χ1) is 7.67. The lowest BCUT2D eigenvalue weighted by Gasteiger charge is -2.14. The average molecular weight is 219 g/mol. The molecule has 0 unspecified atom stereocenters. The smallest absolute Gasteiger partial charge is 0.241 e. The topological polar surface area (TPSA) is 81.9 Å². The molecule has 0 aliphatic rings. The van der Waals surface area contributed by atoms with Crippen LogP contribution in [-0.4, -0.2) is 40.9 Å². The highest BCUT2D eigenvalue weighted by molar-refractivity contribution is 5.80. The quantitative estimate of drug-likeness (QED) is 0.784.